The molecule has 21 heavy (non-hydrogen) atoms. The second-order valence-corrected chi connectivity index (χ2v) is 4.67. The fourth-order valence-corrected chi connectivity index (χ4v) is 1.94. The number of anilines is 1. The molecule has 2 rings (SSSR count). The molecule has 0 fully saturated rings. The maximum absolute atomic E-state index is 12.2. The first kappa shape index (κ1) is 15.1. The van der Waals surface area contributed by atoms with E-state index in [-0.39, 0.29) is 5.91 Å². The van der Waals surface area contributed by atoms with Gasteiger partial charge in [0.05, 0.1) is 18.6 Å². The van der Waals surface area contributed by atoms with Crippen LogP contribution in [0.15, 0.2) is 30.7 Å². The molecule has 0 saturated heterocycles. The van der Waals surface area contributed by atoms with E-state index in [1.54, 1.807) is 17.1 Å². The van der Waals surface area contributed by atoms with Gasteiger partial charge in [0.15, 0.2) is 0 Å². The molecule has 0 aliphatic rings. The number of carbonyl (C=O) groups excluding carboxylic acids is 1. The Hall–Kier alpha value is -2.34. The van der Waals surface area contributed by atoms with Crippen molar-refractivity contribution in [2.45, 2.75) is 20.4 Å². The number of imidazole rings is 1. The topological polar surface area (TPSA) is 82.2 Å². The first-order valence-electron chi connectivity index (χ1n) is 6.90. The minimum absolute atomic E-state index is 0.268. The molecule has 0 bridgehead atoms. The first-order valence-corrected chi connectivity index (χ1v) is 6.90. The van der Waals surface area contributed by atoms with Gasteiger partial charge in [-0.15, -0.1) is 0 Å². The average molecular weight is 288 g/mol. The summed E-state index contributed by atoms with van der Waals surface area (Å²) in [6.07, 6.45) is 3.27. The van der Waals surface area contributed by atoms with Crippen LogP contribution in [0.1, 0.15) is 23.0 Å². The fraction of sp³-hybridized carbons (Fsp3) is 0.333. The standard InChI is InChI=1S/C15H20N4O2/c1-3-21-14-8-11(2)4-5-12(14)18-15(20)13-9-19(7-6-16)10-17-13/h4-5,8-10H,3,6-7,16H2,1-2H3,(H,18,20). The van der Waals surface area contributed by atoms with Crippen molar-refractivity contribution in [3.63, 3.8) is 0 Å². The summed E-state index contributed by atoms with van der Waals surface area (Å²) in [6, 6.07) is 5.65. The van der Waals surface area contributed by atoms with E-state index in [1.807, 2.05) is 32.0 Å². The Morgan fingerprint density at radius 2 is 2.29 bits per heavy atom. The number of nitrogens with zero attached hydrogens (tertiary/aromatic N) is 2. The number of rotatable bonds is 6. The van der Waals surface area contributed by atoms with E-state index >= 15 is 0 Å². The lowest BCUT2D eigenvalue weighted by molar-refractivity contribution is 0.102. The zero-order valence-corrected chi connectivity index (χ0v) is 12.3. The molecule has 0 spiro atoms. The van der Waals surface area contributed by atoms with Crippen LogP contribution in [-0.4, -0.2) is 28.6 Å². The molecular formula is C15H20N4O2. The summed E-state index contributed by atoms with van der Waals surface area (Å²) in [5, 5.41) is 2.82. The normalized spacial score (nSPS) is 10.4. The van der Waals surface area contributed by atoms with Crippen LogP contribution in [0.2, 0.25) is 0 Å². The van der Waals surface area contributed by atoms with Crippen molar-refractivity contribution in [1.82, 2.24) is 9.55 Å². The van der Waals surface area contributed by atoms with Crippen LogP contribution in [0, 0.1) is 6.92 Å². The molecule has 3 N–H and O–H groups in total. The highest BCUT2D eigenvalue weighted by atomic mass is 16.5. The van der Waals surface area contributed by atoms with Crippen LogP contribution in [0.25, 0.3) is 0 Å². The van der Waals surface area contributed by atoms with Gasteiger partial charge >= 0.3 is 0 Å². The summed E-state index contributed by atoms with van der Waals surface area (Å²) >= 11 is 0. The zero-order chi connectivity index (χ0) is 15.2. The Morgan fingerprint density at radius 1 is 1.48 bits per heavy atom. The Morgan fingerprint density at radius 3 is 3.00 bits per heavy atom. The third kappa shape index (κ3) is 3.82. The third-order valence-corrected chi connectivity index (χ3v) is 2.94. The van der Waals surface area contributed by atoms with Gasteiger partial charge in [-0.3, -0.25) is 4.79 Å². The van der Waals surface area contributed by atoms with Crippen molar-refractivity contribution >= 4 is 11.6 Å². The van der Waals surface area contributed by atoms with E-state index in [1.165, 1.54) is 0 Å². The van der Waals surface area contributed by atoms with Crippen molar-refractivity contribution in [2.24, 2.45) is 5.73 Å². The predicted molar refractivity (Wildman–Crippen MR) is 81.6 cm³/mol. The molecule has 1 aromatic carbocycles. The zero-order valence-electron chi connectivity index (χ0n) is 12.3. The molecule has 6 heteroatoms. The van der Waals surface area contributed by atoms with Crippen LogP contribution >= 0.6 is 0 Å². The molecule has 1 aromatic heterocycles. The molecule has 0 aliphatic carbocycles. The van der Waals surface area contributed by atoms with Crippen molar-refractivity contribution in [1.29, 1.82) is 0 Å². The smallest absolute Gasteiger partial charge is 0.275 e. The monoisotopic (exact) mass is 288 g/mol. The number of amides is 1. The lowest BCUT2D eigenvalue weighted by Gasteiger charge is -2.11. The number of nitrogens with one attached hydrogen (secondary N) is 1. The van der Waals surface area contributed by atoms with Crippen LogP contribution in [0.4, 0.5) is 5.69 Å². The Kier molecular flexibility index (Phi) is 4.94. The summed E-state index contributed by atoms with van der Waals surface area (Å²) in [6.45, 7) is 5.56. The van der Waals surface area contributed by atoms with E-state index in [9.17, 15) is 4.79 Å². The summed E-state index contributed by atoms with van der Waals surface area (Å²) in [4.78, 5) is 16.3. The van der Waals surface area contributed by atoms with Crippen molar-refractivity contribution in [3.8, 4) is 5.75 Å². The molecule has 0 radical (unpaired) electrons. The predicted octanol–water partition coefficient (Wildman–Crippen LogP) is 1.80. The molecule has 1 heterocycles. The highest BCUT2D eigenvalue weighted by Gasteiger charge is 2.12. The molecule has 0 saturated carbocycles. The lowest BCUT2D eigenvalue weighted by atomic mass is 10.2. The minimum atomic E-state index is -0.268. The first-order chi connectivity index (χ1) is 10.1. The van der Waals surface area contributed by atoms with Gasteiger partial charge in [-0.2, -0.15) is 0 Å². The Bertz CT molecular complexity index is 622. The van der Waals surface area contributed by atoms with Gasteiger partial charge in [-0.05, 0) is 31.5 Å². The van der Waals surface area contributed by atoms with Crippen LogP contribution in [-0.2, 0) is 6.54 Å². The fourth-order valence-electron chi connectivity index (χ4n) is 1.94. The Labute approximate surface area is 123 Å². The number of hydrogen-bond donors (Lipinski definition) is 2. The molecule has 0 unspecified atom stereocenters. The average Bonchev–Trinajstić information content (AvgIpc) is 2.91. The second kappa shape index (κ2) is 6.90. The van der Waals surface area contributed by atoms with Gasteiger partial charge in [0.1, 0.15) is 11.4 Å². The van der Waals surface area contributed by atoms with E-state index < -0.39 is 0 Å². The molecule has 2 aromatic rings. The largest absolute Gasteiger partial charge is 0.492 e. The van der Waals surface area contributed by atoms with Gasteiger partial charge in [0.25, 0.3) is 5.91 Å². The van der Waals surface area contributed by atoms with Gasteiger partial charge < -0.3 is 20.4 Å². The van der Waals surface area contributed by atoms with Crippen molar-refractivity contribution in [2.75, 3.05) is 18.5 Å². The highest BCUT2D eigenvalue weighted by Crippen LogP contribution is 2.26. The molecule has 0 atom stereocenters. The van der Waals surface area contributed by atoms with Crippen LogP contribution < -0.4 is 15.8 Å². The third-order valence-electron chi connectivity index (χ3n) is 2.94. The van der Waals surface area contributed by atoms with Crippen LogP contribution in [0.5, 0.6) is 5.75 Å². The SMILES string of the molecule is CCOc1cc(C)ccc1NC(=O)c1cn(CCN)cn1. The van der Waals surface area contributed by atoms with Crippen LogP contribution in [0.3, 0.4) is 0 Å². The highest BCUT2D eigenvalue weighted by molar-refractivity contribution is 6.03. The van der Waals surface area contributed by atoms with Gasteiger partial charge in [0.2, 0.25) is 0 Å². The second-order valence-electron chi connectivity index (χ2n) is 4.67. The maximum Gasteiger partial charge on any atom is 0.275 e. The molecule has 6 nitrogen and oxygen atoms in total. The quantitative estimate of drug-likeness (QED) is 0.849. The number of nitrogens with two attached hydrogens (primary N) is 1. The summed E-state index contributed by atoms with van der Waals surface area (Å²) in [5.74, 6) is 0.391. The lowest BCUT2D eigenvalue weighted by Crippen LogP contribution is -2.14. The number of aromatic nitrogens is 2. The minimum Gasteiger partial charge on any atom is -0.492 e. The summed E-state index contributed by atoms with van der Waals surface area (Å²) in [5.41, 5.74) is 7.54. The van der Waals surface area contributed by atoms with Gasteiger partial charge in [-0.1, -0.05) is 6.07 Å². The van der Waals surface area contributed by atoms with E-state index in [2.05, 4.69) is 10.3 Å². The molecule has 0 aliphatic heterocycles. The van der Waals surface area contributed by atoms with Gasteiger partial charge in [0, 0.05) is 19.3 Å². The maximum atomic E-state index is 12.2. The number of aryl methyl sites for hydroxylation is 1. The van der Waals surface area contributed by atoms with Crippen molar-refractivity contribution in [3.05, 3.63) is 42.0 Å². The number of ether oxygens (including phenoxy) is 1. The van der Waals surface area contributed by atoms with Crippen molar-refractivity contribution < 1.29 is 9.53 Å². The number of benzene rings is 1. The summed E-state index contributed by atoms with van der Waals surface area (Å²) < 4.78 is 7.33. The number of hydrogen-bond acceptors (Lipinski definition) is 4. The van der Waals surface area contributed by atoms with Gasteiger partial charge in [-0.25, -0.2) is 4.98 Å². The number of carbonyl (C=O) groups is 1. The molecular weight excluding hydrogens is 268 g/mol. The van der Waals surface area contributed by atoms with E-state index in [0.29, 0.717) is 36.8 Å². The molecule has 1 amide bonds. The molecule has 112 valence electrons. The Balaban J connectivity index is 2.14. The summed E-state index contributed by atoms with van der Waals surface area (Å²) in [7, 11) is 0. The van der Waals surface area contributed by atoms with E-state index in [0.717, 1.165) is 5.56 Å². The van der Waals surface area contributed by atoms with E-state index in [4.69, 9.17) is 10.5 Å².